The lowest BCUT2D eigenvalue weighted by molar-refractivity contribution is -0.134. The average Bonchev–Trinajstić information content (AvgIpc) is 1.99. The van der Waals surface area contributed by atoms with Crippen molar-refractivity contribution in [3.63, 3.8) is 0 Å². The first-order chi connectivity index (χ1) is 4.76. The van der Waals surface area contributed by atoms with Gasteiger partial charge < -0.3 is 15.7 Å². The highest BCUT2D eigenvalue weighted by Gasteiger charge is 2.06. The molecule has 0 aliphatic heterocycles. The van der Waals surface area contributed by atoms with Crippen LogP contribution in [0.3, 0.4) is 0 Å². The van der Waals surface area contributed by atoms with Crippen molar-refractivity contribution in [2.24, 2.45) is 5.73 Å². The van der Waals surface area contributed by atoms with E-state index in [-0.39, 0.29) is 12.6 Å². The molecular weight excluding hydrogens is 132 g/mol. The second-order valence-corrected chi connectivity index (χ2v) is 1.94. The molecule has 0 aromatic carbocycles. The molecule has 0 fully saturated rings. The Kier molecular flexibility index (Phi) is 4.88. The molecule has 1 amide bonds. The summed E-state index contributed by atoms with van der Waals surface area (Å²) in [4.78, 5) is 12.2. The molecular formula is C6H14N2O2. The van der Waals surface area contributed by atoms with Crippen molar-refractivity contribution in [3.8, 4) is 0 Å². The molecule has 0 bridgehead atoms. The van der Waals surface area contributed by atoms with Gasteiger partial charge in [-0.2, -0.15) is 0 Å². The lowest BCUT2D eigenvalue weighted by Gasteiger charge is -2.17. The smallest absolute Gasteiger partial charge is 0.224 e. The standard InChI is InChI=1S/C6H14N2O2/c1-2-6(10)8(5-9)4-3-7/h9H,2-5,7H2,1H3. The third kappa shape index (κ3) is 2.80. The van der Waals surface area contributed by atoms with Gasteiger partial charge >= 0.3 is 0 Å². The minimum absolute atomic E-state index is 0.0621. The van der Waals surface area contributed by atoms with Crippen LogP contribution in [-0.2, 0) is 4.79 Å². The summed E-state index contributed by atoms with van der Waals surface area (Å²) in [6, 6.07) is 0. The summed E-state index contributed by atoms with van der Waals surface area (Å²) < 4.78 is 0. The highest BCUT2D eigenvalue weighted by molar-refractivity contribution is 5.75. The van der Waals surface area contributed by atoms with Crippen LogP contribution in [-0.4, -0.2) is 35.7 Å². The summed E-state index contributed by atoms with van der Waals surface area (Å²) in [5, 5.41) is 8.61. The number of carbonyl (C=O) groups excluding carboxylic acids is 1. The Hall–Kier alpha value is -0.610. The summed E-state index contributed by atoms with van der Waals surface area (Å²) in [6.07, 6.45) is 0.417. The molecule has 0 radical (unpaired) electrons. The maximum Gasteiger partial charge on any atom is 0.224 e. The summed E-state index contributed by atoms with van der Waals surface area (Å²) in [6.45, 7) is 2.35. The van der Waals surface area contributed by atoms with Crippen LogP contribution >= 0.6 is 0 Å². The third-order valence-electron chi connectivity index (χ3n) is 1.22. The maximum atomic E-state index is 10.8. The number of aliphatic hydroxyl groups excluding tert-OH is 1. The van der Waals surface area contributed by atoms with Crippen LogP contribution < -0.4 is 5.73 Å². The van der Waals surface area contributed by atoms with E-state index in [4.69, 9.17) is 10.8 Å². The Morgan fingerprint density at radius 1 is 1.70 bits per heavy atom. The largest absolute Gasteiger partial charge is 0.376 e. The van der Waals surface area contributed by atoms with Gasteiger partial charge in [0.05, 0.1) is 0 Å². The Morgan fingerprint density at radius 3 is 2.60 bits per heavy atom. The number of amides is 1. The topological polar surface area (TPSA) is 66.6 Å². The van der Waals surface area contributed by atoms with Crippen molar-refractivity contribution in [1.82, 2.24) is 4.90 Å². The zero-order valence-corrected chi connectivity index (χ0v) is 6.21. The number of hydrogen-bond donors (Lipinski definition) is 2. The molecule has 0 rings (SSSR count). The second kappa shape index (κ2) is 5.20. The predicted octanol–water partition coefficient (Wildman–Crippen LogP) is -0.866. The lowest BCUT2D eigenvalue weighted by atomic mass is 10.4. The fourth-order valence-corrected chi connectivity index (χ4v) is 0.654. The molecule has 4 nitrogen and oxygen atoms in total. The highest BCUT2D eigenvalue weighted by Crippen LogP contribution is 1.89. The summed E-state index contributed by atoms with van der Waals surface area (Å²) >= 11 is 0. The number of carbonyl (C=O) groups is 1. The Morgan fingerprint density at radius 2 is 2.30 bits per heavy atom. The van der Waals surface area contributed by atoms with Crippen LogP contribution in [0, 0.1) is 0 Å². The van der Waals surface area contributed by atoms with E-state index in [2.05, 4.69) is 0 Å². The Labute approximate surface area is 60.6 Å². The van der Waals surface area contributed by atoms with Crippen molar-refractivity contribution in [2.75, 3.05) is 19.8 Å². The molecule has 0 aromatic rings. The quantitative estimate of drug-likeness (QED) is 0.507. The van der Waals surface area contributed by atoms with Gasteiger partial charge in [0.2, 0.25) is 5.91 Å². The SMILES string of the molecule is CCC(=O)N(CO)CCN. The maximum absolute atomic E-state index is 10.8. The number of aliphatic hydroxyl groups is 1. The van der Waals surface area contributed by atoms with E-state index < -0.39 is 0 Å². The fraction of sp³-hybridized carbons (Fsp3) is 0.833. The van der Waals surface area contributed by atoms with Crippen molar-refractivity contribution in [2.45, 2.75) is 13.3 Å². The predicted molar refractivity (Wildman–Crippen MR) is 38.1 cm³/mol. The molecule has 60 valence electrons. The van der Waals surface area contributed by atoms with Crippen LogP contribution in [0.5, 0.6) is 0 Å². The highest BCUT2D eigenvalue weighted by atomic mass is 16.3. The van der Waals surface area contributed by atoms with Gasteiger partial charge in [-0.05, 0) is 0 Å². The first-order valence-corrected chi connectivity index (χ1v) is 3.35. The van der Waals surface area contributed by atoms with E-state index in [9.17, 15) is 4.79 Å². The molecule has 0 heterocycles. The minimum atomic E-state index is -0.232. The first-order valence-electron chi connectivity index (χ1n) is 3.35. The van der Waals surface area contributed by atoms with Crippen molar-refractivity contribution in [1.29, 1.82) is 0 Å². The monoisotopic (exact) mass is 146 g/mol. The van der Waals surface area contributed by atoms with Crippen LogP contribution in [0.1, 0.15) is 13.3 Å². The zero-order valence-electron chi connectivity index (χ0n) is 6.21. The summed E-state index contributed by atoms with van der Waals surface area (Å²) in [5.74, 6) is -0.0621. The van der Waals surface area contributed by atoms with Crippen LogP contribution in [0.4, 0.5) is 0 Å². The molecule has 0 saturated carbocycles. The number of nitrogens with two attached hydrogens (primary N) is 1. The van der Waals surface area contributed by atoms with Gasteiger partial charge in [0.15, 0.2) is 0 Å². The molecule has 10 heavy (non-hydrogen) atoms. The minimum Gasteiger partial charge on any atom is -0.376 e. The second-order valence-electron chi connectivity index (χ2n) is 1.94. The van der Waals surface area contributed by atoms with Crippen LogP contribution in [0.2, 0.25) is 0 Å². The summed E-state index contributed by atoms with van der Waals surface area (Å²) in [7, 11) is 0. The van der Waals surface area contributed by atoms with Crippen LogP contribution in [0.15, 0.2) is 0 Å². The van der Waals surface area contributed by atoms with Crippen molar-refractivity contribution >= 4 is 5.91 Å². The normalized spacial score (nSPS) is 9.50. The van der Waals surface area contributed by atoms with E-state index >= 15 is 0 Å². The number of rotatable bonds is 4. The van der Waals surface area contributed by atoms with E-state index in [1.54, 1.807) is 6.92 Å². The molecule has 4 heteroatoms. The van der Waals surface area contributed by atoms with Gasteiger partial charge in [0, 0.05) is 19.5 Å². The van der Waals surface area contributed by atoms with Gasteiger partial charge in [0.25, 0.3) is 0 Å². The van der Waals surface area contributed by atoms with Gasteiger partial charge in [-0.1, -0.05) is 6.92 Å². The average molecular weight is 146 g/mol. The van der Waals surface area contributed by atoms with E-state index in [0.29, 0.717) is 19.5 Å². The van der Waals surface area contributed by atoms with E-state index in [1.807, 2.05) is 0 Å². The van der Waals surface area contributed by atoms with E-state index in [0.717, 1.165) is 0 Å². The van der Waals surface area contributed by atoms with Crippen molar-refractivity contribution < 1.29 is 9.90 Å². The third-order valence-corrected chi connectivity index (χ3v) is 1.22. The molecule has 0 atom stereocenters. The Balaban J connectivity index is 3.68. The van der Waals surface area contributed by atoms with E-state index in [1.165, 1.54) is 4.90 Å². The molecule has 0 aromatic heterocycles. The molecule has 0 unspecified atom stereocenters. The van der Waals surface area contributed by atoms with Gasteiger partial charge in [-0.25, -0.2) is 0 Å². The molecule has 3 N–H and O–H groups in total. The summed E-state index contributed by atoms with van der Waals surface area (Å²) in [5.41, 5.74) is 5.19. The van der Waals surface area contributed by atoms with Gasteiger partial charge in [-0.3, -0.25) is 4.79 Å². The number of nitrogens with zero attached hydrogens (tertiary/aromatic N) is 1. The molecule has 0 spiro atoms. The van der Waals surface area contributed by atoms with Gasteiger partial charge in [-0.15, -0.1) is 0 Å². The van der Waals surface area contributed by atoms with Crippen molar-refractivity contribution in [3.05, 3.63) is 0 Å². The molecule has 0 aliphatic rings. The molecule has 0 saturated heterocycles. The lowest BCUT2D eigenvalue weighted by Crippen LogP contribution is -2.35. The van der Waals surface area contributed by atoms with Crippen LogP contribution in [0.25, 0.3) is 0 Å². The molecule has 0 aliphatic carbocycles. The number of hydrogen-bond acceptors (Lipinski definition) is 3. The zero-order chi connectivity index (χ0) is 7.98. The Bertz CT molecular complexity index is 106. The fourth-order valence-electron chi connectivity index (χ4n) is 0.654. The first kappa shape index (κ1) is 9.39. The van der Waals surface area contributed by atoms with Gasteiger partial charge in [0.1, 0.15) is 6.73 Å².